The fourth-order valence-corrected chi connectivity index (χ4v) is 6.25. The Hall–Kier alpha value is -0.780. The molecule has 0 unspecified atom stereocenters. The molecule has 0 heteroatoms. The number of aryl methyl sites for hydroxylation is 2. The minimum Gasteiger partial charge on any atom is -0.0654 e. The molecular formula is C29H48. The van der Waals surface area contributed by atoms with Crippen molar-refractivity contribution in [2.24, 2.45) is 23.7 Å². The van der Waals surface area contributed by atoms with Crippen molar-refractivity contribution < 1.29 is 0 Å². The molecule has 0 radical (unpaired) electrons. The van der Waals surface area contributed by atoms with Crippen molar-refractivity contribution in [1.29, 1.82) is 0 Å². The van der Waals surface area contributed by atoms with E-state index >= 15 is 0 Å². The molecule has 0 heterocycles. The van der Waals surface area contributed by atoms with Crippen molar-refractivity contribution in [3.05, 3.63) is 35.4 Å². The Bertz CT molecular complexity index is 526. The van der Waals surface area contributed by atoms with Crippen LogP contribution in [0.5, 0.6) is 0 Å². The van der Waals surface area contributed by atoms with Gasteiger partial charge in [0.15, 0.2) is 0 Å². The normalized spacial score (nSPS) is 27.8. The second-order valence-electron chi connectivity index (χ2n) is 10.5. The van der Waals surface area contributed by atoms with Crippen molar-refractivity contribution >= 4 is 0 Å². The number of unbranched alkanes of at least 4 members (excludes halogenated alkanes) is 4. The molecule has 0 bridgehead atoms. The summed E-state index contributed by atoms with van der Waals surface area (Å²) < 4.78 is 0. The monoisotopic (exact) mass is 396 g/mol. The van der Waals surface area contributed by atoms with E-state index in [2.05, 4.69) is 38.1 Å². The Morgan fingerprint density at radius 1 is 0.586 bits per heavy atom. The Balaban J connectivity index is 1.28. The summed E-state index contributed by atoms with van der Waals surface area (Å²) in [7, 11) is 0. The molecule has 1 aromatic carbocycles. The second-order valence-corrected chi connectivity index (χ2v) is 10.5. The quantitative estimate of drug-likeness (QED) is 0.327. The Morgan fingerprint density at radius 2 is 1.10 bits per heavy atom. The topological polar surface area (TPSA) is 0 Å². The van der Waals surface area contributed by atoms with Gasteiger partial charge in [0.2, 0.25) is 0 Å². The maximum atomic E-state index is 2.37. The summed E-state index contributed by atoms with van der Waals surface area (Å²) in [6.07, 6.45) is 25.0. The maximum absolute atomic E-state index is 2.37. The van der Waals surface area contributed by atoms with Gasteiger partial charge in [0.05, 0.1) is 0 Å². The summed E-state index contributed by atoms with van der Waals surface area (Å²) >= 11 is 0. The van der Waals surface area contributed by atoms with Crippen molar-refractivity contribution in [2.45, 2.75) is 123 Å². The van der Waals surface area contributed by atoms with Crippen LogP contribution < -0.4 is 0 Å². The fourth-order valence-electron chi connectivity index (χ4n) is 6.25. The van der Waals surface area contributed by atoms with Crippen LogP contribution >= 0.6 is 0 Å². The molecule has 2 saturated carbocycles. The van der Waals surface area contributed by atoms with Gasteiger partial charge in [-0.2, -0.15) is 0 Å². The summed E-state index contributed by atoms with van der Waals surface area (Å²) in [5.41, 5.74) is 3.03. The number of hydrogen-bond acceptors (Lipinski definition) is 0. The van der Waals surface area contributed by atoms with E-state index in [4.69, 9.17) is 0 Å². The summed E-state index contributed by atoms with van der Waals surface area (Å²) in [6.45, 7) is 4.56. The van der Waals surface area contributed by atoms with Crippen LogP contribution in [0.25, 0.3) is 0 Å². The molecule has 0 amide bonds. The standard InChI is InChI=1S/C29H48/c1-3-5-6-7-8-9-25-16-20-28(21-17-25)29-22-18-27(19-23-29)15-14-26-12-10-24(4-2)11-13-26/h10-13,25,27-29H,3-9,14-23H2,1-2H3. The third kappa shape index (κ3) is 7.76. The smallest absolute Gasteiger partial charge is 0.0276 e. The molecular weight excluding hydrogens is 348 g/mol. The molecule has 0 aromatic heterocycles. The molecule has 2 aliphatic carbocycles. The molecule has 2 aliphatic rings. The average Bonchev–Trinajstić information content (AvgIpc) is 2.79. The van der Waals surface area contributed by atoms with Gasteiger partial charge in [-0.3, -0.25) is 0 Å². The molecule has 29 heavy (non-hydrogen) atoms. The van der Waals surface area contributed by atoms with Gasteiger partial charge in [-0.25, -0.2) is 0 Å². The van der Waals surface area contributed by atoms with E-state index in [0.29, 0.717) is 0 Å². The van der Waals surface area contributed by atoms with E-state index in [1.807, 2.05) is 0 Å². The lowest BCUT2D eigenvalue weighted by Crippen LogP contribution is -2.26. The number of rotatable bonds is 11. The van der Waals surface area contributed by atoms with Gasteiger partial charge < -0.3 is 0 Å². The molecule has 2 fully saturated rings. The fraction of sp³-hybridized carbons (Fsp3) is 0.793. The maximum Gasteiger partial charge on any atom is -0.0276 e. The first kappa shape index (κ1) is 22.9. The molecule has 0 atom stereocenters. The highest BCUT2D eigenvalue weighted by molar-refractivity contribution is 5.22. The van der Waals surface area contributed by atoms with E-state index in [-0.39, 0.29) is 0 Å². The highest BCUT2D eigenvalue weighted by Crippen LogP contribution is 2.43. The summed E-state index contributed by atoms with van der Waals surface area (Å²) in [5, 5.41) is 0. The SMILES string of the molecule is CCCCCCCC1CCC(C2CCC(CCc3ccc(CC)cc3)CC2)CC1. The van der Waals surface area contributed by atoms with E-state index in [0.717, 1.165) is 30.1 Å². The van der Waals surface area contributed by atoms with Crippen LogP contribution in [0.4, 0.5) is 0 Å². The van der Waals surface area contributed by atoms with Gasteiger partial charge in [-0.15, -0.1) is 0 Å². The first-order chi connectivity index (χ1) is 14.3. The zero-order chi connectivity index (χ0) is 20.3. The molecule has 1 aromatic rings. The third-order valence-corrected chi connectivity index (χ3v) is 8.44. The van der Waals surface area contributed by atoms with Gasteiger partial charge in [0.25, 0.3) is 0 Å². The first-order valence-electron chi connectivity index (χ1n) is 13.4. The zero-order valence-electron chi connectivity index (χ0n) is 19.6. The van der Waals surface area contributed by atoms with E-state index in [1.165, 1.54) is 82.6 Å². The molecule has 164 valence electrons. The van der Waals surface area contributed by atoms with Crippen LogP contribution in [-0.4, -0.2) is 0 Å². The minimum absolute atomic E-state index is 0.997. The van der Waals surface area contributed by atoms with Gasteiger partial charge in [-0.05, 0) is 79.7 Å². The second kappa shape index (κ2) is 12.8. The number of hydrogen-bond donors (Lipinski definition) is 0. The van der Waals surface area contributed by atoms with E-state index < -0.39 is 0 Å². The Kier molecular flexibility index (Phi) is 10.1. The van der Waals surface area contributed by atoms with Gasteiger partial charge in [0, 0.05) is 0 Å². The van der Waals surface area contributed by atoms with Crippen LogP contribution in [0.3, 0.4) is 0 Å². The van der Waals surface area contributed by atoms with Crippen molar-refractivity contribution in [3.8, 4) is 0 Å². The van der Waals surface area contributed by atoms with Crippen molar-refractivity contribution in [2.75, 3.05) is 0 Å². The number of benzene rings is 1. The van der Waals surface area contributed by atoms with E-state index in [1.54, 1.807) is 31.2 Å². The molecule has 0 nitrogen and oxygen atoms in total. The summed E-state index contributed by atoms with van der Waals surface area (Å²) in [6, 6.07) is 9.39. The Labute approximate surface area is 182 Å². The largest absolute Gasteiger partial charge is 0.0654 e. The van der Waals surface area contributed by atoms with Crippen LogP contribution in [-0.2, 0) is 12.8 Å². The molecule has 3 rings (SSSR count). The minimum atomic E-state index is 0.997. The average molecular weight is 397 g/mol. The van der Waals surface area contributed by atoms with Crippen molar-refractivity contribution in [3.63, 3.8) is 0 Å². The highest BCUT2D eigenvalue weighted by atomic mass is 14.4. The zero-order valence-corrected chi connectivity index (χ0v) is 19.6. The third-order valence-electron chi connectivity index (χ3n) is 8.44. The Morgan fingerprint density at radius 3 is 1.66 bits per heavy atom. The lowest BCUT2D eigenvalue weighted by atomic mass is 9.68. The van der Waals surface area contributed by atoms with Gasteiger partial charge in [0.1, 0.15) is 0 Å². The van der Waals surface area contributed by atoms with Crippen LogP contribution in [0.2, 0.25) is 0 Å². The van der Waals surface area contributed by atoms with Crippen LogP contribution in [0.15, 0.2) is 24.3 Å². The van der Waals surface area contributed by atoms with E-state index in [9.17, 15) is 0 Å². The van der Waals surface area contributed by atoms with Crippen LogP contribution in [0.1, 0.15) is 121 Å². The van der Waals surface area contributed by atoms with Gasteiger partial charge >= 0.3 is 0 Å². The predicted molar refractivity (Wildman–Crippen MR) is 128 cm³/mol. The highest BCUT2D eigenvalue weighted by Gasteiger charge is 2.30. The molecule has 0 spiro atoms. The lowest BCUT2D eigenvalue weighted by Gasteiger charge is -2.38. The summed E-state index contributed by atoms with van der Waals surface area (Å²) in [4.78, 5) is 0. The molecule has 0 aliphatic heterocycles. The predicted octanol–water partition coefficient (Wildman–Crippen LogP) is 9.15. The summed E-state index contributed by atoms with van der Waals surface area (Å²) in [5.74, 6) is 4.22. The molecule has 0 N–H and O–H groups in total. The van der Waals surface area contributed by atoms with Gasteiger partial charge in [-0.1, -0.05) is 102 Å². The molecule has 0 saturated heterocycles. The van der Waals surface area contributed by atoms with Crippen LogP contribution in [0, 0.1) is 23.7 Å². The lowest BCUT2D eigenvalue weighted by molar-refractivity contribution is 0.140. The van der Waals surface area contributed by atoms with Crippen molar-refractivity contribution in [1.82, 2.24) is 0 Å². The first-order valence-corrected chi connectivity index (χ1v) is 13.4.